The van der Waals surface area contributed by atoms with Crippen LogP contribution in [-0.4, -0.2) is 168 Å². The van der Waals surface area contributed by atoms with E-state index in [4.69, 9.17) is 47.9 Å². The summed E-state index contributed by atoms with van der Waals surface area (Å²) in [6.07, 6.45) is -10.2. The number of phenolic OH excluding ortho intramolecular Hbond substituents is 3. The Hall–Kier alpha value is -9.08. The number of carbonyl (C=O) groups is 8. The number of halogens is 2. The van der Waals surface area contributed by atoms with Crippen molar-refractivity contribution in [1.82, 2.24) is 42.5 Å². The number of aliphatic hydroxyl groups is 6. The van der Waals surface area contributed by atoms with Gasteiger partial charge < -0.3 is 113 Å². The molecule has 0 spiro atoms. The number of aromatic hydroxyl groups is 3. The minimum Gasteiger partial charge on any atom is -0.508 e. The van der Waals surface area contributed by atoms with Crippen molar-refractivity contribution in [3.8, 4) is 57.1 Å². The van der Waals surface area contributed by atoms with E-state index in [2.05, 4.69) is 42.5 Å². The molecule has 14 atom stereocenters. The smallest absolute Gasteiger partial charge is 0.248 e. The normalized spacial score (nSPS) is 30.2. The number of fused-ring (bicyclic) bond motifs is 15. The second kappa shape index (κ2) is 29.1. The highest BCUT2D eigenvalue weighted by atomic mass is 35.5. The Kier molecular flexibility index (Phi) is 20.7. The topological polar surface area (TPSA) is 478 Å². The Morgan fingerprint density at radius 3 is 1.82 bits per heavy atom. The average molecular weight is 1440 g/mol. The molecule has 4 saturated carbocycles. The number of primary amides is 1. The van der Waals surface area contributed by atoms with Crippen molar-refractivity contribution < 1.29 is 103 Å². The molecule has 8 amide bonds. The third-order valence-electron chi connectivity index (χ3n) is 19.9. The molecule has 15 rings (SSSR count). The number of rotatable bonds is 12. The van der Waals surface area contributed by atoms with Gasteiger partial charge in [0.05, 0.1) is 29.1 Å². The molecular formula is C69H77Cl2N9O21. The zero-order valence-corrected chi connectivity index (χ0v) is 56.0. The third kappa shape index (κ3) is 14.6. The van der Waals surface area contributed by atoms with Gasteiger partial charge in [0.15, 0.2) is 11.5 Å². The number of nitrogens with one attached hydrogen (secondary N) is 8. The van der Waals surface area contributed by atoms with Crippen molar-refractivity contribution in [2.75, 3.05) is 13.7 Å². The second-order valence-corrected chi connectivity index (χ2v) is 28.1. The highest BCUT2D eigenvalue weighted by molar-refractivity contribution is 6.32. The van der Waals surface area contributed by atoms with Crippen molar-refractivity contribution in [2.45, 2.75) is 150 Å². The lowest BCUT2D eigenvalue weighted by Crippen LogP contribution is -2.60. The van der Waals surface area contributed by atoms with Gasteiger partial charge in [0.1, 0.15) is 102 Å². The Morgan fingerprint density at radius 2 is 1.23 bits per heavy atom. The lowest BCUT2D eigenvalue weighted by Gasteiger charge is -2.54. The largest absolute Gasteiger partial charge is 0.508 e. The van der Waals surface area contributed by atoms with E-state index in [1.165, 1.54) is 31.3 Å². The first-order chi connectivity index (χ1) is 48.1. The number of carbonyl (C=O) groups excluding carboxylic acids is 8. The summed E-state index contributed by atoms with van der Waals surface area (Å²) in [6.45, 7) is 2.73. The van der Waals surface area contributed by atoms with E-state index in [0.717, 1.165) is 86.7 Å². The first-order valence-corrected chi connectivity index (χ1v) is 33.7. The fraction of sp³-hybridized carbons (Fsp3) is 0.449. The molecule has 6 heterocycles. The third-order valence-corrected chi connectivity index (χ3v) is 20.5. The Balaban J connectivity index is 1.06. The number of amides is 8. The van der Waals surface area contributed by atoms with E-state index >= 15 is 24.0 Å². The molecule has 19 N–H and O–H groups in total. The summed E-state index contributed by atoms with van der Waals surface area (Å²) in [5, 5.41) is 124. The van der Waals surface area contributed by atoms with E-state index < -0.39 is 186 Å². The molecule has 5 fully saturated rings. The summed E-state index contributed by atoms with van der Waals surface area (Å²) < 4.78 is 25.2. The number of ether oxygens (including phenoxy) is 4. The van der Waals surface area contributed by atoms with Crippen LogP contribution in [0.25, 0.3) is 11.1 Å². The summed E-state index contributed by atoms with van der Waals surface area (Å²) in [6, 6.07) is 0.653. The minimum atomic E-state index is -2.29. The zero-order chi connectivity index (χ0) is 72.3. The molecule has 0 aromatic heterocycles. The van der Waals surface area contributed by atoms with Crippen LogP contribution in [0.15, 0.2) is 78.9 Å². The molecule has 1 saturated heterocycles. The van der Waals surface area contributed by atoms with Crippen LogP contribution in [0.1, 0.15) is 117 Å². The molecule has 101 heavy (non-hydrogen) atoms. The van der Waals surface area contributed by atoms with Crippen LogP contribution in [0.4, 0.5) is 0 Å². The molecule has 10 aliphatic rings. The molecule has 5 unspecified atom stereocenters. The molecule has 538 valence electrons. The van der Waals surface area contributed by atoms with Crippen LogP contribution >= 0.6 is 23.2 Å². The highest BCUT2D eigenvalue weighted by Gasteiger charge is 2.51. The Labute approximate surface area is 586 Å². The maximum absolute atomic E-state index is 16.0. The molecule has 6 aliphatic heterocycles. The van der Waals surface area contributed by atoms with Crippen molar-refractivity contribution >= 4 is 70.5 Å². The van der Waals surface area contributed by atoms with Crippen molar-refractivity contribution in [1.29, 1.82) is 0 Å². The van der Waals surface area contributed by atoms with Crippen molar-refractivity contribution in [3.63, 3.8) is 0 Å². The van der Waals surface area contributed by atoms with E-state index in [1.54, 1.807) is 0 Å². The first-order valence-electron chi connectivity index (χ1n) is 33.0. The van der Waals surface area contributed by atoms with Gasteiger partial charge >= 0.3 is 0 Å². The van der Waals surface area contributed by atoms with E-state index in [9.17, 15) is 60.3 Å². The number of hydrogen-bond acceptors (Lipinski definition) is 22. The van der Waals surface area contributed by atoms with Crippen LogP contribution in [0.5, 0.6) is 46.0 Å². The lowest BCUT2D eigenvalue weighted by atomic mass is 9.54. The maximum Gasteiger partial charge on any atom is 0.248 e. The van der Waals surface area contributed by atoms with Gasteiger partial charge in [-0.3, -0.25) is 38.4 Å². The van der Waals surface area contributed by atoms with Crippen LogP contribution < -0.4 is 62.5 Å². The van der Waals surface area contributed by atoms with Crippen molar-refractivity contribution in [2.24, 2.45) is 35.3 Å². The fourth-order valence-corrected chi connectivity index (χ4v) is 15.6. The van der Waals surface area contributed by atoms with Crippen LogP contribution in [0.2, 0.25) is 10.0 Å². The SMILES string of the molecule is CN[C@H](CC(C)C)C(=O)N[C@H]1C(=O)N[C@@H](CC(N)=O)C(=O)N[C@H]2C(=O)N[C@H]3C(=O)N[C@@H](C(=O)N[C@H](C(=O)NC4C5CC6CC(C5)CC4C6)c4cc(O)cc(O)c4-c4cc3ccc4O)[C@H](O)c3ccc(c(Cl)c3)Oc3cc2cc(c3OC2OC(CO)C(O)C(O)C2O)Oc2ccc(cc2Cl)[C@H]1O. The highest BCUT2D eigenvalue weighted by Crippen LogP contribution is 2.55. The van der Waals surface area contributed by atoms with Gasteiger partial charge in [0.25, 0.3) is 0 Å². The summed E-state index contributed by atoms with van der Waals surface area (Å²) in [7, 11) is 1.49. The summed E-state index contributed by atoms with van der Waals surface area (Å²) in [5.41, 5.74) is 3.76. The average Bonchev–Trinajstić information content (AvgIpc) is 0.765. The summed E-state index contributed by atoms with van der Waals surface area (Å²) >= 11 is 14.1. The maximum atomic E-state index is 16.0. The second-order valence-electron chi connectivity index (χ2n) is 27.3. The number of phenols is 3. The quantitative estimate of drug-likeness (QED) is 0.0845. The van der Waals surface area contributed by atoms with Gasteiger partial charge in [-0.15, -0.1) is 0 Å². The van der Waals surface area contributed by atoms with Gasteiger partial charge in [-0.05, 0) is 158 Å². The molecule has 15 bridgehead atoms. The standard InChI is InChI=1S/C69H77Cl2N9O21/c1-25(2)10-39(73-3)62(91)79-54-56(86)29-5-8-43(37(70)17-29)98-45-19-33-20-46(61(45)101-69-60(90)59(89)58(88)47(24-81)100-69)99-44-9-6-30(18-38(44)71)57(87)55-68(97)78-53(66(95)75-50-31-12-26-11-27(14-31)15-32(50)13-26)36-21-34(82)22-42(84)49(36)35-16-28(4-7-41(35)83)51(64(93)80-55)77-65(94)52(33)76-63(92)40(23-48(72)85)74-67(54)96/h4-9,16-22,25-27,31-32,39-40,47,50-60,69,73,81-84,86-90H,10-15,23-24H2,1-3H3,(H2,72,85)(H,74,96)(H,75,95)(H,76,92)(H,77,94)(H,78,97)(H,79,91)(H,80,93)/t26?,27?,31?,32?,39-,40+,47?,50?,51-,52-,53+,54-,55-,56-,57-,58?,59?,60?,69?/m1/s1. The first kappa shape index (κ1) is 71.7. The molecule has 0 radical (unpaired) electrons. The lowest BCUT2D eigenvalue weighted by molar-refractivity contribution is -0.277. The Morgan fingerprint density at radius 1 is 0.634 bits per heavy atom. The molecule has 5 aromatic rings. The number of hydrogen-bond donors (Lipinski definition) is 18. The van der Waals surface area contributed by atoms with Gasteiger partial charge in [0, 0.05) is 23.2 Å². The van der Waals surface area contributed by atoms with E-state index in [1.807, 2.05) is 13.8 Å². The number of aliphatic hydroxyl groups excluding tert-OH is 6. The Bertz CT molecular complexity index is 4100. The number of nitrogens with two attached hydrogens (primary N) is 1. The minimum absolute atomic E-state index is 0.0771. The zero-order valence-electron chi connectivity index (χ0n) is 54.5. The summed E-state index contributed by atoms with van der Waals surface area (Å²) in [5.74, 6) is -12.8. The van der Waals surface area contributed by atoms with Crippen molar-refractivity contribution in [3.05, 3.63) is 117 Å². The molecule has 4 aliphatic carbocycles. The van der Waals surface area contributed by atoms with Gasteiger partial charge in [-0.25, -0.2) is 0 Å². The molecule has 32 heteroatoms. The van der Waals surface area contributed by atoms with Crippen LogP contribution in [-0.2, 0) is 43.1 Å². The monoisotopic (exact) mass is 1440 g/mol. The predicted molar refractivity (Wildman–Crippen MR) is 354 cm³/mol. The number of likely N-dealkylation sites (N-methyl/N-ethyl adjacent to an activating group) is 1. The van der Waals surface area contributed by atoms with E-state index in [0.29, 0.717) is 11.8 Å². The summed E-state index contributed by atoms with van der Waals surface area (Å²) in [4.78, 5) is 120. The fourth-order valence-electron chi connectivity index (χ4n) is 15.1. The van der Waals surface area contributed by atoms with Gasteiger partial charge in [-0.1, -0.05) is 55.2 Å². The van der Waals surface area contributed by atoms with Crippen LogP contribution in [0.3, 0.4) is 0 Å². The number of benzene rings is 5. The molecule has 5 aromatic carbocycles. The molecule has 30 nitrogen and oxygen atoms in total. The van der Waals surface area contributed by atoms with Gasteiger partial charge in [-0.2, -0.15) is 0 Å². The van der Waals surface area contributed by atoms with Crippen LogP contribution in [0, 0.1) is 29.6 Å². The van der Waals surface area contributed by atoms with E-state index in [-0.39, 0.29) is 85.1 Å². The molecular weight excluding hydrogens is 1360 g/mol. The predicted octanol–water partition coefficient (Wildman–Crippen LogP) is 1.73. The van der Waals surface area contributed by atoms with Gasteiger partial charge in [0.2, 0.25) is 59.3 Å².